The fourth-order valence-corrected chi connectivity index (χ4v) is 1.67. The zero-order valence-corrected chi connectivity index (χ0v) is 11.1. The molecule has 0 aliphatic rings. The second-order valence-corrected chi connectivity index (χ2v) is 4.56. The lowest BCUT2D eigenvalue weighted by molar-refractivity contribution is 0.401. The van der Waals surface area contributed by atoms with Crippen molar-refractivity contribution < 1.29 is 0 Å². The van der Waals surface area contributed by atoms with Crippen LogP contribution in [0.1, 0.15) is 12.2 Å². The maximum absolute atomic E-state index is 5.89. The number of nitrogens with zero attached hydrogens (tertiary/aromatic N) is 4. The first-order valence-corrected chi connectivity index (χ1v) is 5.74. The fourth-order valence-electron chi connectivity index (χ4n) is 1.45. The molecule has 0 aliphatic carbocycles. The van der Waals surface area contributed by atoms with E-state index >= 15 is 0 Å². The maximum Gasteiger partial charge on any atom is 0.134 e. The van der Waals surface area contributed by atoms with Crippen LogP contribution in [0.4, 0.5) is 5.82 Å². The molecule has 0 aliphatic heterocycles. The van der Waals surface area contributed by atoms with Crippen molar-refractivity contribution in [2.24, 2.45) is 0 Å². The average Bonchev–Trinajstić information content (AvgIpc) is 2.15. The molecule has 90 valence electrons. The van der Waals surface area contributed by atoms with E-state index in [1.807, 2.05) is 14.0 Å². The summed E-state index contributed by atoms with van der Waals surface area (Å²) in [6.45, 7) is 3.89. The van der Waals surface area contributed by atoms with Crippen LogP contribution in [0.5, 0.6) is 0 Å². The van der Waals surface area contributed by atoms with Gasteiger partial charge in [-0.05, 0) is 34.0 Å². The second kappa shape index (κ2) is 6.01. The normalized spacial score (nSPS) is 10.9. The highest BCUT2D eigenvalue weighted by Gasteiger charge is 2.05. The maximum atomic E-state index is 5.89. The monoisotopic (exact) mass is 242 g/mol. The van der Waals surface area contributed by atoms with Gasteiger partial charge in [-0.1, -0.05) is 11.6 Å². The second-order valence-electron chi connectivity index (χ2n) is 4.17. The summed E-state index contributed by atoms with van der Waals surface area (Å²) in [5, 5.41) is 0.502. The van der Waals surface area contributed by atoms with Crippen molar-refractivity contribution >= 4 is 17.4 Å². The van der Waals surface area contributed by atoms with Gasteiger partial charge < -0.3 is 9.80 Å². The van der Waals surface area contributed by atoms with Crippen molar-refractivity contribution in [3.8, 4) is 0 Å². The largest absolute Gasteiger partial charge is 0.359 e. The smallest absolute Gasteiger partial charge is 0.134 e. The Hall–Kier alpha value is -0.870. The third kappa shape index (κ3) is 4.33. The molecule has 0 fully saturated rings. The van der Waals surface area contributed by atoms with E-state index in [2.05, 4.69) is 33.9 Å². The average molecular weight is 243 g/mol. The number of aromatic nitrogens is 2. The summed E-state index contributed by atoms with van der Waals surface area (Å²) in [7, 11) is 6.17. The summed E-state index contributed by atoms with van der Waals surface area (Å²) >= 11 is 5.89. The van der Waals surface area contributed by atoms with E-state index in [0.717, 1.165) is 25.3 Å². The Morgan fingerprint density at radius 1 is 1.19 bits per heavy atom. The molecule has 5 heteroatoms. The van der Waals surface area contributed by atoms with Crippen LogP contribution in [0.15, 0.2) is 6.07 Å². The van der Waals surface area contributed by atoms with E-state index in [9.17, 15) is 0 Å². The number of anilines is 1. The van der Waals surface area contributed by atoms with Gasteiger partial charge in [0.25, 0.3) is 0 Å². The summed E-state index contributed by atoms with van der Waals surface area (Å²) in [6, 6.07) is 1.80. The SMILES string of the molecule is Cc1nc(Cl)cc(N(C)CCCN(C)C)n1. The third-order valence-corrected chi connectivity index (χ3v) is 2.48. The van der Waals surface area contributed by atoms with E-state index in [1.165, 1.54) is 0 Å². The van der Waals surface area contributed by atoms with Gasteiger partial charge in [0.15, 0.2) is 0 Å². The van der Waals surface area contributed by atoms with Gasteiger partial charge in [0.1, 0.15) is 16.8 Å². The van der Waals surface area contributed by atoms with Gasteiger partial charge >= 0.3 is 0 Å². The molecule has 0 N–H and O–H groups in total. The highest BCUT2D eigenvalue weighted by molar-refractivity contribution is 6.29. The van der Waals surface area contributed by atoms with Crippen LogP contribution in [0, 0.1) is 6.92 Å². The summed E-state index contributed by atoms with van der Waals surface area (Å²) < 4.78 is 0. The molecule has 1 aromatic rings. The molecule has 0 amide bonds. The molecule has 0 spiro atoms. The van der Waals surface area contributed by atoms with Crippen molar-refractivity contribution in [1.82, 2.24) is 14.9 Å². The van der Waals surface area contributed by atoms with Crippen LogP contribution < -0.4 is 4.90 Å². The van der Waals surface area contributed by atoms with Gasteiger partial charge in [-0.15, -0.1) is 0 Å². The molecule has 0 bridgehead atoms. The van der Waals surface area contributed by atoms with Crippen LogP contribution in [0.3, 0.4) is 0 Å². The third-order valence-electron chi connectivity index (χ3n) is 2.28. The van der Waals surface area contributed by atoms with E-state index in [-0.39, 0.29) is 0 Å². The van der Waals surface area contributed by atoms with Crippen LogP contribution in [0.2, 0.25) is 5.15 Å². The Labute approximate surface area is 102 Å². The Bertz CT molecular complexity index is 321. The van der Waals surface area contributed by atoms with Crippen LogP contribution in [-0.2, 0) is 0 Å². The highest BCUT2D eigenvalue weighted by atomic mass is 35.5. The summed E-state index contributed by atoms with van der Waals surface area (Å²) in [4.78, 5) is 12.7. The van der Waals surface area contributed by atoms with Gasteiger partial charge in [-0.2, -0.15) is 0 Å². The minimum absolute atomic E-state index is 0.502. The zero-order valence-electron chi connectivity index (χ0n) is 10.4. The number of hydrogen-bond donors (Lipinski definition) is 0. The molecule has 0 aromatic carbocycles. The summed E-state index contributed by atoms with van der Waals surface area (Å²) in [5.41, 5.74) is 0. The Morgan fingerprint density at radius 3 is 2.44 bits per heavy atom. The van der Waals surface area contributed by atoms with Crippen molar-refractivity contribution in [3.05, 3.63) is 17.0 Å². The van der Waals surface area contributed by atoms with Crippen molar-refractivity contribution in [2.45, 2.75) is 13.3 Å². The molecule has 0 radical (unpaired) electrons. The van der Waals surface area contributed by atoms with E-state index in [4.69, 9.17) is 11.6 Å². The number of halogens is 1. The van der Waals surface area contributed by atoms with Crippen LogP contribution in [-0.4, -0.2) is 49.1 Å². The summed E-state index contributed by atoms with van der Waals surface area (Å²) in [5.74, 6) is 1.60. The summed E-state index contributed by atoms with van der Waals surface area (Å²) in [6.07, 6.45) is 1.10. The Morgan fingerprint density at radius 2 is 1.88 bits per heavy atom. The first-order valence-electron chi connectivity index (χ1n) is 5.36. The fraction of sp³-hybridized carbons (Fsp3) is 0.636. The van der Waals surface area contributed by atoms with Crippen molar-refractivity contribution in [2.75, 3.05) is 39.1 Å². The van der Waals surface area contributed by atoms with Crippen LogP contribution in [0.25, 0.3) is 0 Å². The lowest BCUT2D eigenvalue weighted by Crippen LogP contribution is -2.24. The number of hydrogen-bond acceptors (Lipinski definition) is 4. The molecule has 0 atom stereocenters. The van der Waals surface area contributed by atoms with Gasteiger partial charge in [-0.25, -0.2) is 9.97 Å². The lowest BCUT2D eigenvalue weighted by atomic mass is 10.3. The Kier molecular flexibility index (Phi) is 4.96. The number of rotatable bonds is 5. The van der Waals surface area contributed by atoms with Gasteiger partial charge in [0, 0.05) is 19.7 Å². The van der Waals surface area contributed by atoms with E-state index in [1.54, 1.807) is 6.07 Å². The molecule has 0 unspecified atom stereocenters. The quantitative estimate of drug-likeness (QED) is 0.738. The molecule has 1 heterocycles. The van der Waals surface area contributed by atoms with Gasteiger partial charge in [0.2, 0.25) is 0 Å². The van der Waals surface area contributed by atoms with Crippen LogP contribution >= 0.6 is 11.6 Å². The minimum Gasteiger partial charge on any atom is -0.359 e. The molecular weight excluding hydrogens is 224 g/mol. The minimum atomic E-state index is 0.502. The molecule has 1 aromatic heterocycles. The van der Waals surface area contributed by atoms with E-state index < -0.39 is 0 Å². The predicted octanol–water partition coefficient (Wildman–Crippen LogP) is 1.83. The molecule has 16 heavy (non-hydrogen) atoms. The van der Waals surface area contributed by atoms with Gasteiger partial charge in [-0.3, -0.25) is 0 Å². The molecule has 0 saturated heterocycles. The Balaban J connectivity index is 2.55. The standard InChI is InChI=1S/C11H19ClN4/c1-9-13-10(12)8-11(14-9)16(4)7-5-6-15(2)3/h8H,5-7H2,1-4H3. The predicted molar refractivity (Wildman–Crippen MR) is 68.2 cm³/mol. The number of aryl methyl sites for hydroxylation is 1. The zero-order chi connectivity index (χ0) is 12.1. The lowest BCUT2D eigenvalue weighted by Gasteiger charge is -2.19. The molecule has 4 nitrogen and oxygen atoms in total. The van der Waals surface area contributed by atoms with Gasteiger partial charge in [0.05, 0.1) is 0 Å². The van der Waals surface area contributed by atoms with Crippen molar-refractivity contribution in [1.29, 1.82) is 0 Å². The van der Waals surface area contributed by atoms with E-state index in [0.29, 0.717) is 11.0 Å². The first-order chi connectivity index (χ1) is 7.49. The van der Waals surface area contributed by atoms with Crippen molar-refractivity contribution in [3.63, 3.8) is 0 Å². The first kappa shape index (κ1) is 13.2. The molecular formula is C11H19ClN4. The topological polar surface area (TPSA) is 32.3 Å². The molecule has 0 saturated carbocycles. The highest BCUT2D eigenvalue weighted by Crippen LogP contribution is 2.14. The molecule has 1 rings (SSSR count).